The third kappa shape index (κ3) is 4.93. The Morgan fingerprint density at radius 2 is 1.92 bits per heavy atom. The first-order chi connectivity index (χ1) is 17.9. The van der Waals surface area contributed by atoms with E-state index in [0.29, 0.717) is 16.2 Å². The lowest BCUT2D eigenvalue weighted by atomic mass is 9.97. The highest BCUT2D eigenvalue weighted by Crippen LogP contribution is 2.35. The van der Waals surface area contributed by atoms with Gasteiger partial charge in [0.2, 0.25) is 5.91 Å². The molecule has 1 amide bonds. The normalized spacial score (nSPS) is 12.8. The second-order valence-corrected chi connectivity index (χ2v) is 11.1. The van der Waals surface area contributed by atoms with E-state index in [1.165, 1.54) is 23.7 Å². The van der Waals surface area contributed by atoms with Crippen LogP contribution in [-0.4, -0.2) is 34.3 Å². The summed E-state index contributed by atoms with van der Waals surface area (Å²) in [5.74, 6) is -0.821. The van der Waals surface area contributed by atoms with E-state index in [1.807, 2.05) is 32.0 Å². The number of fused-ring (bicyclic) bond motifs is 3. The van der Waals surface area contributed by atoms with Crippen molar-refractivity contribution in [2.45, 2.75) is 44.7 Å². The topological polar surface area (TPSA) is 90.3 Å². The van der Waals surface area contributed by atoms with Crippen LogP contribution in [0, 0.1) is 13.8 Å². The summed E-state index contributed by atoms with van der Waals surface area (Å²) in [5.41, 5.74) is 4.53. The molecule has 0 atom stereocenters. The molecule has 0 aliphatic heterocycles. The Labute approximate surface area is 222 Å². The van der Waals surface area contributed by atoms with E-state index in [1.54, 1.807) is 40.2 Å². The van der Waals surface area contributed by atoms with Gasteiger partial charge in [-0.25, -0.2) is 9.78 Å². The van der Waals surface area contributed by atoms with Crippen LogP contribution in [-0.2, 0) is 22.4 Å². The van der Waals surface area contributed by atoms with Crippen molar-refractivity contribution in [3.05, 3.63) is 79.9 Å². The van der Waals surface area contributed by atoms with Gasteiger partial charge in [0.05, 0.1) is 35.2 Å². The third-order valence-corrected chi connectivity index (χ3v) is 8.61. The van der Waals surface area contributed by atoms with Crippen molar-refractivity contribution < 1.29 is 14.3 Å². The molecule has 0 fully saturated rings. The molecule has 0 saturated carbocycles. The number of hydrogen-bond acceptors (Lipinski definition) is 7. The van der Waals surface area contributed by atoms with Crippen LogP contribution in [0.5, 0.6) is 0 Å². The third-order valence-electron chi connectivity index (χ3n) is 6.49. The number of carbonyl (C=O) groups is 2. The van der Waals surface area contributed by atoms with Crippen molar-refractivity contribution in [1.82, 2.24) is 9.55 Å². The van der Waals surface area contributed by atoms with Crippen LogP contribution in [0.25, 0.3) is 15.9 Å². The molecule has 0 spiro atoms. The molecule has 0 bridgehead atoms. The molecule has 2 heterocycles. The Kier molecular flexibility index (Phi) is 7.17. The predicted molar refractivity (Wildman–Crippen MR) is 148 cm³/mol. The number of carbonyl (C=O) groups excluding carboxylic acids is 2. The van der Waals surface area contributed by atoms with Crippen LogP contribution in [0.1, 0.15) is 44.8 Å². The number of aromatic nitrogens is 2. The van der Waals surface area contributed by atoms with Crippen LogP contribution in [0.3, 0.4) is 0 Å². The van der Waals surface area contributed by atoms with Crippen LogP contribution >= 0.6 is 23.1 Å². The lowest BCUT2D eigenvalue weighted by Gasteiger charge is -2.16. The number of anilines is 1. The monoisotopic (exact) mass is 533 g/mol. The fourth-order valence-electron chi connectivity index (χ4n) is 4.75. The molecule has 5 rings (SSSR count). The molecule has 2 aromatic heterocycles. The number of amides is 1. The van der Waals surface area contributed by atoms with Crippen molar-refractivity contribution in [1.29, 1.82) is 0 Å². The molecule has 2 aromatic carbocycles. The number of aryl methyl sites for hydroxylation is 4. The second-order valence-electron chi connectivity index (χ2n) is 9.09. The number of para-hydroxylation sites is 1. The number of esters is 1. The van der Waals surface area contributed by atoms with E-state index in [9.17, 15) is 14.4 Å². The summed E-state index contributed by atoms with van der Waals surface area (Å²) in [6.45, 7) is 4.00. The molecule has 0 saturated heterocycles. The van der Waals surface area contributed by atoms with Crippen molar-refractivity contribution in [2.75, 3.05) is 18.2 Å². The second kappa shape index (κ2) is 10.5. The van der Waals surface area contributed by atoms with Gasteiger partial charge in [-0.05, 0) is 68.9 Å². The van der Waals surface area contributed by atoms with Gasteiger partial charge in [0, 0.05) is 4.88 Å². The van der Waals surface area contributed by atoms with Gasteiger partial charge >= 0.3 is 5.97 Å². The lowest BCUT2D eigenvalue weighted by molar-refractivity contribution is -0.113. The number of benzene rings is 2. The summed E-state index contributed by atoms with van der Waals surface area (Å²) in [5, 5.41) is 3.97. The number of nitrogens with one attached hydrogen (secondary N) is 1. The first-order valence-corrected chi connectivity index (χ1v) is 13.9. The van der Waals surface area contributed by atoms with Gasteiger partial charge in [-0.3, -0.25) is 14.2 Å². The fourth-order valence-corrected chi connectivity index (χ4v) is 6.86. The smallest absolute Gasteiger partial charge is 0.339 e. The minimum atomic E-state index is -0.527. The number of thiophene rings is 1. The zero-order valence-corrected chi connectivity index (χ0v) is 22.6. The zero-order chi connectivity index (χ0) is 26.1. The maximum Gasteiger partial charge on any atom is 0.339 e. The Morgan fingerprint density at radius 1 is 1.14 bits per heavy atom. The van der Waals surface area contributed by atoms with Gasteiger partial charge in [-0.15, -0.1) is 11.3 Å². The van der Waals surface area contributed by atoms with E-state index in [2.05, 4.69) is 5.32 Å². The maximum atomic E-state index is 14.0. The highest BCUT2D eigenvalue weighted by molar-refractivity contribution is 7.99. The van der Waals surface area contributed by atoms with E-state index in [4.69, 9.17) is 9.72 Å². The summed E-state index contributed by atoms with van der Waals surface area (Å²) >= 11 is 2.80. The lowest BCUT2D eigenvalue weighted by Crippen LogP contribution is -2.24. The Hall–Kier alpha value is -3.43. The summed E-state index contributed by atoms with van der Waals surface area (Å²) in [6.07, 6.45) is 4.07. The summed E-state index contributed by atoms with van der Waals surface area (Å²) in [6, 6.07) is 12.7. The molecule has 0 unspecified atom stereocenters. The molecule has 37 heavy (non-hydrogen) atoms. The molecule has 1 aliphatic carbocycles. The predicted octanol–water partition coefficient (Wildman–Crippen LogP) is 5.46. The Bertz CT molecular complexity index is 1590. The quantitative estimate of drug-likeness (QED) is 0.201. The Balaban J connectivity index is 1.52. The maximum absolute atomic E-state index is 14.0. The number of hydrogen-bond donors (Lipinski definition) is 1. The summed E-state index contributed by atoms with van der Waals surface area (Å²) in [4.78, 5) is 45.9. The van der Waals surface area contributed by atoms with E-state index in [-0.39, 0.29) is 22.8 Å². The van der Waals surface area contributed by atoms with Gasteiger partial charge in [0.1, 0.15) is 4.83 Å². The SMILES string of the molecule is COC(=O)c1ccccc1NC(=O)CSc1nc2sc3c(c2c(=O)n1-c1ccc(C)cc1C)CCCC3. The van der Waals surface area contributed by atoms with E-state index >= 15 is 0 Å². The van der Waals surface area contributed by atoms with Crippen molar-refractivity contribution in [3.63, 3.8) is 0 Å². The molecule has 4 aromatic rings. The Morgan fingerprint density at radius 3 is 2.70 bits per heavy atom. The summed E-state index contributed by atoms with van der Waals surface area (Å²) in [7, 11) is 1.30. The van der Waals surface area contributed by atoms with Crippen LogP contribution in [0.2, 0.25) is 0 Å². The zero-order valence-electron chi connectivity index (χ0n) is 20.9. The van der Waals surface area contributed by atoms with Crippen LogP contribution < -0.4 is 10.9 Å². The number of nitrogens with zero attached hydrogens (tertiary/aromatic N) is 2. The molecular formula is C28H27N3O4S2. The van der Waals surface area contributed by atoms with Crippen molar-refractivity contribution in [3.8, 4) is 5.69 Å². The molecular weight excluding hydrogens is 506 g/mol. The number of ether oxygens (including phenoxy) is 1. The number of thioether (sulfide) groups is 1. The van der Waals surface area contributed by atoms with Crippen LogP contribution in [0.4, 0.5) is 5.69 Å². The first kappa shape index (κ1) is 25.2. The van der Waals surface area contributed by atoms with Crippen LogP contribution in [0.15, 0.2) is 52.4 Å². The van der Waals surface area contributed by atoms with E-state index < -0.39 is 5.97 Å². The van der Waals surface area contributed by atoms with Gasteiger partial charge < -0.3 is 10.1 Å². The van der Waals surface area contributed by atoms with Crippen molar-refractivity contribution >= 4 is 50.9 Å². The minimum Gasteiger partial charge on any atom is -0.465 e. The standard InChI is InChI=1S/C28H27N3O4S2/c1-16-12-13-21(17(2)14-16)31-26(33)24-19-9-5-7-11-22(19)37-25(24)30-28(31)36-15-23(32)29-20-10-6-4-8-18(20)27(34)35-3/h4,6,8,10,12-14H,5,7,9,11,15H2,1-3H3,(H,29,32). The van der Waals surface area contributed by atoms with Gasteiger partial charge in [-0.2, -0.15) is 0 Å². The first-order valence-electron chi connectivity index (χ1n) is 12.1. The van der Waals surface area contributed by atoms with E-state index in [0.717, 1.165) is 52.9 Å². The molecule has 0 radical (unpaired) electrons. The fraction of sp³-hybridized carbons (Fsp3) is 0.286. The molecule has 7 nitrogen and oxygen atoms in total. The summed E-state index contributed by atoms with van der Waals surface area (Å²) < 4.78 is 6.47. The van der Waals surface area contributed by atoms with Gasteiger partial charge in [-0.1, -0.05) is 41.6 Å². The van der Waals surface area contributed by atoms with Gasteiger partial charge in [0.25, 0.3) is 5.56 Å². The molecule has 1 aliphatic rings. The number of rotatable bonds is 6. The van der Waals surface area contributed by atoms with Gasteiger partial charge in [0.15, 0.2) is 5.16 Å². The highest BCUT2D eigenvalue weighted by Gasteiger charge is 2.24. The minimum absolute atomic E-state index is 0.0173. The molecule has 190 valence electrons. The molecule has 9 heteroatoms. The van der Waals surface area contributed by atoms with Crippen molar-refractivity contribution in [2.24, 2.45) is 0 Å². The number of methoxy groups -OCH3 is 1. The highest BCUT2D eigenvalue weighted by atomic mass is 32.2. The average Bonchev–Trinajstić information content (AvgIpc) is 3.27. The molecule has 1 N–H and O–H groups in total. The largest absolute Gasteiger partial charge is 0.465 e. The average molecular weight is 534 g/mol.